The third-order valence-corrected chi connectivity index (χ3v) is 0.667. The second-order valence-electron chi connectivity index (χ2n) is 1.97. The molecule has 1 rings (SSSR count). The summed E-state index contributed by atoms with van der Waals surface area (Å²) in [7, 11) is 6.50. The first-order chi connectivity index (χ1) is 6.83. The van der Waals surface area contributed by atoms with E-state index in [0.29, 0.717) is 0 Å². The van der Waals surface area contributed by atoms with Crippen LogP contribution < -0.4 is 0 Å². The highest BCUT2D eigenvalue weighted by Crippen LogP contribution is 1.79. The standard InChI is InChI=1S/C6H6.2C2H6O.C2H6/c1-2-4-6-5-3-1;2*1-3-2;1-2/h1-6H;2*1-2H3;1-2H3. The van der Waals surface area contributed by atoms with Crippen LogP contribution in [0.1, 0.15) is 13.8 Å². The van der Waals surface area contributed by atoms with Crippen LogP contribution in [0.15, 0.2) is 36.4 Å². The van der Waals surface area contributed by atoms with Gasteiger partial charge in [0.05, 0.1) is 0 Å². The summed E-state index contributed by atoms with van der Waals surface area (Å²) in [6.07, 6.45) is 0. The summed E-state index contributed by atoms with van der Waals surface area (Å²) < 4.78 is 8.50. The average molecular weight is 200 g/mol. The third-order valence-electron chi connectivity index (χ3n) is 0.667. The molecule has 0 aliphatic rings. The molecule has 0 spiro atoms. The molecule has 84 valence electrons. The second kappa shape index (κ2) is 29.6. The maximum absolute atomic E-state index is 4.25. The van der Waals surface area contributed by atoms with Gasteiger partial charge < -0.3 is 9.47 Å². The van der Waals surface area contributed by atoms with E-state index in [0.717, 1.165) is 0 Å². The molecule has 1 aromatic rings. The van der Waals surface area contributed by atoms with Gasteiger partial charge in [0.15, 0.2) is 0 Å². The molecule has 0 radical (unpaired) electrons. The molecule has 0 bridgehead atoms. The molecule has 14 heavy (non-hydrogen) atoms. The van der Waals surface area contributed by atoms with Crippen LogP contribution in [0.3, 0.4) is 0 Å². The van der Waals surface area contributed by atoms with Gasteiger partial charge in [0.25, 0.3) is 0 Å². The maximum Gasteiger partial charge on any atom is 0.0351 e. The van der Waals surface area contributed by atoms with E-state index in [-0.39, 0.29) is 0 Å². The van der Waals surface area contributed by atoms with Gasteiger partial charge in [0.1, 0.15) is 0 Å². The lowest BCUT2D eigenvalue weighted by Gasteiger charge is -1.69. The van der Waals surface area contributed by atoms with Crippen LogP contribution in [0.2, 0.25) is 0 Å². The molecule has 0 aliphatic heterocycles. The summed E-state index contributed by atoms with van der Waals surface area (Å²) in [6.45, 7) is 4.00. The SMILES string of the molecule is CC.COC.COC.c1ccccc1. The first-order valence-electron chi connectivity index (χ1n) is 4.63. The largest absolute Gasteiger partial charge is 0.388 e. The van der Waals surface area contributed by atoms with Gasteiger partial charge in [-0.05, 0) is 0 Å². The number of rotatable bonds is 0. The van der Waals surface area contributed by atoms with Gasteiger partial charge in [-0.25, -0.2) is 0 Å². The number of benzene rings is 1. The Kier molecular flexibility index (Phi) is 39.8. The zero-order valence-corrected chi connectivity index (χ0v) is 10.3. The van der Waals surface area contributed by atoms with Crippen LogP contribution in [-0.4, -0.2) is 28.4 Å². The molecule has 0 saturated carbocycles. The normalized spacial score (nSPS) is 6.43. The fourth-order valence-corrected chi connectivity index (χ4v) is 0.385. The van der Waals surface area contributed by atoms with E-state index in [1.807, 2.05) is 50.2 Å². The van der Waals surface area contributed by atoms with Crippen molar-refractivity contribution in [2.45, 2.75) is 13.8 Å². The van der Waals surface area contributed by atoms with E-state index in [1.165, 1.54) is 0 Å². The Morgan fingerprint density at radius 2 is 0.571 bits per heavy atom. The first-order valence-corrected chi connectivity index (χ1v) is 4.63. The minimum Gasteiger partial charge on any atom is -0.388 e. The lowest BCUT2D eigenvalue weighted by atomic mass is 10.4. The molecule has 0 atom stereocenters. The summed E-state index contributed by atoms with van der Waals surface area (Å²) >= 11 is 0. The molecule has 0 N–H and O–H groups in total. The van der Waals surface area contributed by atoms with E-state index >= 15 is 0 Å². The molecule has 0 aromatic heterocycles. The molecule has 0 heterocycles. The van der Waals surface area contributed by atoms with Gasteiger partial charge in [-0.1, -0.05) is 50.2 Å². The molecule has 0 saturated heterocycles. The fourth-order valence-electron chi connectivity index (χ4n) is 0.385. The van der Waals surface area contributed by atoms with Crippen LogP contribution >= 0.6 is 0 Å². The van der Waals surface area contributed by atoms with Crippen LogP contribution in [-0.2, 0) is 9.47 Å². The van der Waals surface area contributed by atoms with Crippen LogP contribution in [0.5, 0.6) is 0 Å². The summed E-state index contributed by atoms with van der Waals surface area (Å²) in [5.41, 5.74) is 0. The highest BCUT2D eigenvalue weighted by molar-refractivity contribution is 4.99. The zero-order chi connectivity index (χ0) is 11.7. The Labute approximate surface area is 88.9 Å². The first kappa shape index (κ1) is 18.8. The second-order valence-corrected chi connectivity index (χ2v) is 1.97. The molecule has 0 fully saturated rings. The lowest BCUT2D eigenvalue weighted by Crippen LogP contribution is -1.55. The molecule has 0 aliphatic carbocycles. The topological polar surface area (TPSA) is 18.5 Å². The van der Waals surface area contributed by atoms with Crippen LogP contribution in [0.25, 0.3) is 0 Å². The van der Waals surface area contributed by atoms with Gasteiger partial charge in [-0.2, -0.15) is 0 Å². The molecular formula is C12H24O2. The van der Waals surface area contributed by atoms with Gasteiger partial charge in [0.2, 0.25) is 0 Å². The van der Waals surface area contributed by atoms with E-state index in [9.17, 15) is 0 Å². The summed E-state index contributed by atoms with van der Waals surface area (Å²) in [6, 6.07) is 12.0. The van der Waals surface area contributed by atoms with Gasteiger partial charge in [0, 0.05) is 28.4 Å². The number of hydrogen-bond acceptors (Lipinski definition) is 2. The van der Waals surface area contributed by atoms with E-state index in [4.69, 9.17) is 0 Å². The maximum atomic E-state index is 4.25. The molecule has 1 aromatic carbocycles. The Morgan fingerprint density at radius 1 is 0.500 bits per heavy atom. The van der Waals surface area contributed by atoms with Crippen molar-refractivity contribution in [1.29, 1.82) is 0 Å². The quantitative estimate of drug-likeness (QED) is 0.640. The minimum atomic E-state index is 1.62. The Hall–Kier alpha value is -0.860. The average Bonchev–Trinajstić information content (AvgIpc) is 2.26. The number of hydrogen-bond donors (Lipinski definition) is 0. The highest BCUT2D eigenvalue weighted by atomic mass is 16.5. The monoisotopic (exact) mass is 200 g/mol. The van der Waals surface area contributed by atoms with Gasteiger partial charge in [-0.15, -0.1) is 0 Å². The highest BCUT2D eigenvalue weighted by Gasteiger charge is 1.57. The molecular weight excluding hydrogens is 176 g/mol. The fraction of sp³-hybridized carbons (Fsp3) is 0.500. The summed E-state index contributed by atoms with van der Waals surface area (Å²) in [4.78, 5) is 0. The van der Waals surface area contributed by atoms with Crippen molar-refractivity contribution in [1.82, 2.24) is 0 Å². The van der Waals surface area contributed by atoms with Gasteiger partial charge in [-0.3, -0.25) is 0 Å². The van der Waals surface area contributed by atoms with Gasteiger partial charge >= 0.3 is 0 Å². The molecule has 0 unspecified atom stereocenters. The Morgan fingerprint density at radius 3 is 0.643 bits per heavy atom. The van der Waals surface area contributed by atoms with Crippen LogP contribution in [0.4, 0.5) is 0 Å². The van der Waals surface area contributed by atoms with Crippen molar-refractivity contribution in [3.8, 4) is 0 Å². The van der Waals surface area contributed by atoms with Crippen molar-refractivity contribution < 1.29 is 9.47 Å². The zero-order valence-electron chi connectivity index (χ0n) is 10.3. The van der Waals surface area contributed by atoms with Crippen molar-refractivity contribution >= 4 is 0 Å². The number of methoxy groups -OCH3 is 2. The van der Waals surface area contributed by atoms with Crippen molar-refractivity contribution in [2.24, 2.45) is 0 Å². The lowest BCUT2D eigenvalue weighted by molar-refractivity contribution is 0.277. The van der Waals surface area contributed by atoms with Crippen LogP contribution in [0, 0.1) is 0 Å². The smallest absolute Gasteiger partial charge is 0.0351 e. The third kappa shape index (κ3) is 43.4. The Balaban J connectivity index is -0.000000132. The Bertz CT molecular complexity index is 100. The summed E-state index contributed by atoms with van der Waals surface area (Å²) in [5.74, 6) is 0. The van der Waals surface area contributed by atoms with Crippen molar-refractivity contribution in [3.63, 3.8) is 0 Å². The van der Waals surface area contributed by atoms with Crippen molar-refractivity contribution in [3.05, 3.63) is 36.4 Å². The van der Waals surface area contributed by atoms with E-state index in [1.54, 1.807) is 28.4 Å². The minimum absolute atomic E-state index is 1.62. The predicted molar refractivity (Wildman–Crippen MR) is 63.7 cm³/mol. The molecule has 2 nitrogen and oxygen atoms in total. The molecule has 0 amide bonds. The number of ether oxygens (including phenoxy) is 2. The van der Waals surface area contributed by atoms with E-state index < -0.39 is 0 Å². The summed E-state index contributed by atoms with van der Waals surface area (Å²) in [5, 5.41) is 0. The van der Waals surface area contributed by atoms with E-state index in [2.05, 4.69) is 9.47 Å². The predicted octanol–water partition coefficient (Wildman–Crippen LogP) is 3.24. The van der Waals surface area contributed by atoms with Crippen molar-refractivity contribution in [2.75, 3.05) is 28.4 Å². The molecule has 2 heteroatoms.